The number of methoxy groups -OCH3 is 1. The summed E-state index contributed by atoms with van der Waals surface area (Å²) in [5.41, 5.74) is 1.25. The number of nitrogens with one attached hydrogen (secondary N) is 3. The highest BCUT2D eigenvalue weighted by atomic mass is 16.5. The van der Waals surface area contributed by atoms with Crippen LogP contribution in [0.1, 0.15) is 37.8 Å². The molecule has 2 aromatic carbocycles. The van der Waals surface area contributed by atoms with E-state index in [1.54, 1.807) is 19.0 Å². The molecule has 1 saturated carbocycles. The van der Waals surface area contributed by atoms with Crippen molar-refractivity contribution in [1.82, 2.24) is 20.9 Å². The van der Waals surface area contributed by atoms with Gasteiger partial charge in [-0.2, -0.15) is 0 Å². The van der Waals surface area contributed by atoms with Gasteiger partial charge >= 0.3 is 5.97 Å². The topological polar surface area (TPSA) is 117 Å². The summed E-state index contributed by atoms with van der Waals surface area (Å²) in [6, 6.07) is 17.3. The van der Waals surface area contributed by atoms with Crippen molar-refractivity contribution in [3.8, 4) is 0 Å². The molecule has 0 bridgehead atoms. The summed E-state index contributed by atoms with van der Waals surface area (Å²) in [6.07, 6.45) is 1.69. The van der Waals surface area contributed by atoms with Crippen LogP contribution in [0.15, 0.2) is 72.8 Å². The Bertz CT molecular complexity index is 1250. The Balaban J connectivity index is 1.81. The van der Waals surface area contributed by atoms with Crippen molar-refractivity contribution in [2.45, 2.75) is 57.2 Å². The second-order valence-electron chi connectivity index (χ2n) is 11.6. The largest absolute Gasteiger partial charge is 0.467 e. The summed E-state index contributed by atoms with van der Waals surface area (Å²) in [5, 5.41) is 8.64. The van der Waals surface area contributed by atoms with Crippen molar-refractivity contribution in [2.75, 3.05) is 27.7 Å². The number of amides is 3. The summed E-state index contributed by atoms with van der Waals surface area (Å²) in [4.78, 5) is 54.8. The Morgan fingerprint density at radius 1 is 0.976 bits per heavy atom. The van der Waals surface area contributed by atoms with E-state index in [-0.39, 0.29) is 24.3 Å². The Morgan fingerprint density at radius 2 is 1.57 bits per heavy atom. The van der Waals surface area contributed by atoms with Crippen molar-refractivity contribution in [1.29, 1.82) is 0 Å². The number of carbonyl (C=O) groups excluding carboxylic acids is 4. The second kappa shape index (κ2) is 14.8. The number of benzene rings is 2. The molecule has 0 aliphatic heterocycles. The van der Waals surface area contributed by atoms with E-state index in [2.05, 4.69) is 22.5 Å². The second-order valence-corrected chi connectivity index (χ2v) is 11.6. The van der Waals surface area contributed by atoms with E-state index in [4.69, 9.17) is 4.74 Å². The van der Waals surface area contributed by atoms with E-state index in [9.17, 15) is 19.2 Å². The summed E-state index contributed by atoms with van der Waals surface area (Å²) in [7, 11) is 4.81. The average molecular weight is 577 g/mol. The summed E-state index contributed by atoms with van der Waals surface area (Å²) in [6.45, 7) is 8.21. The highest BCUT2D eigenvalue weighted by Crippen LogP contribution is 2.49. The summed E-state index contributed by atoms with van der Waals surface area (Å²) in [5.74, 6) is -1.89. The molecule has 3 rings (SSSR count). The standard InChI is InChI=1S/C33H44N4O5/c1-22(2)26-20-33(26,32(41)34-27(31(40)42-6)18-17-24-13-9-7-10-14-24)36-30(39)29(35-28(38)21-37(4)5)23(3)19-25-15-11-8-12-16-25/h7-16,22,26-27,29H,3,17-21H2,1-2,4-6H3,(H,34,41)(H,35,38)(H,36,39)/t26-,27-,29-,33?/m0/s1. The molecule has 42 heavy (non-hydrogen) atoms. The average Bonchev–Trinajstić information content (AvgIpc) is 3.69. The fourth-order valence-electron chi connectivity index (χ4n) is 5.29. The van der Waals surface area contributed by atoms with Gasteiger partial charge in [-0.1, -0.05) is 81.1 Å². The molecule has 2 aromatic rings. The van der Waals surface area contributed by atoms with Crippen LogP contribution in [0, 0.1) is 11.8 Å². The first-order valence-electron chi connectivity index (χ1n) is 14.4. The van der Waals surface area contributed by atoms with Gasteiger partial charge < -0.3 is 25.6 Å². The lowest BCUT2D eigenvalue weighted by molar-refractivity contribution is -0.146. The molecule has 9 nitrogen and oxygen atoms in total. The maximum absolute atomic E-state index is 13.8. The third kappa shape index (κ3) is 8.76. The smallest absolute Gasteiger partial charge is 0.328 e. The van der Waals surface area contributed by atoms with Crippen molar-refractivity contribution in [3.63, 3.8) is 0 Å². The van der Waals surface area contributed by atoms with Crippen LogP contribution in [0.4, 0.5) is 0 Å². The molecule has 4 atom stereocenters. The number of esters is 1. The first kappa shape index (κ1) is 32.5. The van der Waals surface area contributed by atoms with Crippen LogP contribution < -0.4 is 16.0 Å². The number of nitrogens with zero attached hydrogens (tertiary/aromatic N) is 1. The van der Waals surface area contributed by atoms with Gasteiger partial charge in [0.15, 0.2) is 0 Å². The summed E-state index contributed by atoms with van der Waals surface area (Å²) < 4.78 is 4.99. The van der Waals surface area contributed by atoms with Crippen LogP contribution in [0.3, 0.4) is 0 Å². The molecule has 0 radical (unpaired) electrons. The van der Waals surface area contributed by atoms with Crippen LogP contribution in [-0.2, 0) is 36.8 Å². The zero-order chi connectivity index (χ0) is 30.9. The number of carbonyl (C=O) groups is 4. The van der Waals surface area contributed by atoms with Crippen molar-refractivity contribution >= 4 is 23.7 Å². The molecule has 1 fully saturated rings. The van der Waals surface area contributed by atoms with Crippen molar-refractivity contribution in [2.24, 2.45) is 11.8 Å². The number of aryl methyl sites for hydroxylation is 1. The molecule has 1 unspecified atom stereocenters. The number of rotatable bonds is 15. The minimum absolute atomic E-state index is 0.0882. The van der Waals surface area contributed by atoms with E-state index in [0.717, 1.165) is 11.1 Å². The minimum Gasteiger partial charge on any atom is -0.467 e. The van der Waals surface area contributed by atoms with E-state index in [1.165, 1.54) is 7.11 Å². The van der Waals surface area contributed by atoms with Crippen LogP contribution >= 0.6 is 0 Å². The zero-order valence-electron chi connectivity index (χ0n) is 25.3. The fourth-order valence-corrected chi connectivity index (χ4v) is 5.29. The number of hydrogen-bond acceptors (Lipinski definition) is 6. The lowest BCUT2D eigenvalue weighted by atomic mass is 9.97. The van der Waals surface area contributed by atoms with Gasteiger partial charge in [0, 0.05) is 0 Å². The maximum atomic E-state index is 13.8. The highest BCUT2D eigenvalue weighted by molar-refractivity contribution is 5.99. The van der Waals surface area contributed by atoms with Gasteiger partial charge in [-0.05, 0) is 68.3 Å². The van der Waals surface area contributed by atoms with Gasteiger partial charge in [-0.3, -0.25) is 14.4 Å². The van der Waals surface area contributed by atoms with Gasteiger partial charge in [-0.25, -0.2) is 4.79 Å². The molecule has 3 N–H and O–H groups in total. The molecule has 0 spiro atoms. The number of hydrogen-bond donors (Lipinski definition) is 3. The molecule has 226 valence electrons. The lowest BCUT2D eigenvalue weighted by Crippen LogP contribution is -2.59. The molecule has 9 heteroatoms. The molecule has 0 aromatic heterocycles. The highest BCUT2D eigenvalue weighted by Gasteiger charge is 2.62. The van der Waals surface area contributed by atoms with Crippen LogP contribution in [0.5, 0.6) is 0 Å². The van der Waals surface area contributed by atoms with Crippen LogP contribution in [0.25, 0.3) is 0 Å². The van der Waals surface area contributed by atoms with Crippen LogP contribution in [0.2, 0.25) is 0 Å². The Morgan fingerprint density at radius 3 is 2.10 bits per heavy atom. The Kier molecular flexibility index (Phi) is 11.4. The first-order valence-corrected chi connectivity index (χ1v) is 14.4. The van der Waals surface area contributed by atoms with Gasteiger partial charge in [0.25, 0.3) is 0 Å². The first-order chi connectivity index (χ1) is 20.0. The molecule has 0 saturated heterocycles. The predicted octanol–water partition coefficient (Wildman–Crippen LogP) is 2.65. The van der Waals surface area contributed by atoms with Crippen LogP contribution in [-0.4, -0.2) is 74.0 Å². The van der Waals surface area contributed by atoms with E-state index in [1.807, 2.05) is 74.5 Å². The molecule has 3 amide bonds. The third-order valence-electron chi connectivity index (χ3n) is 7.64. The van der Waals surface area contributed by atoms with Crippen molar-refractivity contribution in [3.05, 3.63) is 83.9 Å². The van der Waals surface area contributed by atoms with Gasteiger partial charge in [-0.15, -0.1) is 0 Å². The molecular formula is C33H44N4O5. The van der Waals surface area contributed by atoms with Gasteiger partial charge in [0.1, 0.15) is 17.6 Å². The molecular weight excluding hydrogens is 532 g/mol. The van der Waals surface area contributed by atoms with E-state index >= 15 is 0 Å². The van der Waals surface area contributed by atoms with Gasteiger partial charge in [0.05, 0.1) is 13.7 Å². The van der Waals surface area contributed by atoms with Gasteiger partial charge in [0.2, 0.25) is 17.7 Å². The summed E-state index contributed by atoms with van der Waals surface area (Å²) >= 11 is 0. The lowest BCUT2D eigenvalue weighted by Gasteiger charge is -2.27. The zero-order valence-corrected chi connectivity index (χ0v) is 25.3. The molecule has 0 heterocycles. The monoisotopic (exact) mass is 576 g/mol. The van der Waals surface area contributed by atoms with Crippen molar-refractivity contribution < 1.29 is 23.9 Å². The SMILES string of the molecule is C=C(Cc1ccccc1)[C@H](NC(=O)CN(C)C)C(=O)NC1(C(=O)N[C@@H](CCc2ccccc2)C(=O)OC)C[C@H]1C(C)C. The molecule has 1 aliphatic carbocycles. The minimum atomic E-state index is -1.22. The Hall–Kier alpha value is -3.98. The molecule has 1 aliphatic rings. The number of likely N-dealkylation sites (N-methyl/N-ethyl adjacent to an activating group) is 1. The number of ether oxygens (including phenoxy) is 1. The quantitative estimate of drug-likeness (QED) is 0.222. The maximum Gasteiger partial charge on any atom is 0.328 e. The third-order valence-corrected chi connectivity index (χ3v) is 7.64. The normalized spacial score (nSPS) is 19.0. The predicted molar refractivity (Wildman–Crippen MR) is 162 cm³/mol. The van der Waals surface area contributed by atoms with E-state index in [0.29, 0.717) is 31.3 Å². The Labute approximate surface area is 249 Å². The van der Waals surface area contributed by atoms with E-state index < -0.39 is 35.4 Å². The fraction of sp³-hybridized carbons (Fsp3) is 0.455.